The zero-order chi connectivity index (χ0) is 46.4. The summed E-state index contributed by atoms with van der Waals surface area (Å²) in [7, 11) is 0. The number of hydrogen-bond donors (Lipinski definition) is 4. The first-order valence-electron chi connectivity index (χ1n) is 22.2. The van der Waals surface area contributed by atoms with Crippen LogP contribution in [0.4, 0.5) is 29.7 Å². The minimum atomic E-state index is -5.33. The monoisotopic (exact) mass is 911 g/mol. The number of nitrogens with zero attached hydrogens (tertiary/aromatic N) is 6. The molecule has 3 aromatic carbocycles. The van der Waals surface area contributed by atoms with Crippen molar-refractivity contribution in [3.8, 4) is 0 Å². The van der Waals surface area contributed by atoms with Gasteiger partial charge in [-0.25, -0.2) is 14.6 Å². The van der Waals surface area contributed by atoms with Crippen molar-refractivity contribution < 1.29 is 46.9 Å². The molecule has 1 saturated carbocycles. The normalized spacial score (nSPS) is 21.2. The molecule has 4 N–H and O–H groups in total. The summed E-state index contributed by atoms with van der Waals surface area (Å²) < 4.78 is 52.1. The van der Waals surface area contributed by atoms with E-state index >= 15 is 0 Å². The maximum atomic E-state index is 13.6. The first-order valence-corrected chi connectivity index (χ1v) is 22.2. The van der Waals surface area contributed by atoms with Crippen molar-refractivity contribution in [1.82, 2.24) is 35.1 Å². The molecule has 4 heterocycles. The summed E-state index contributed by atoms with van der Waals surface area (Å²) >= 11 is 0. The van der Waals surface area contributed by atoms with Crippen molar-refractivity contribution in [2.75, 3.05) is 42.9 Å². The Morgan fingerprint density at radius 3 is 2.15 bits per heavy atom. The number of nitrogens with one attached hydrogen (secondary N) is 3. The Hall–Kier alpha value is -6.76. The molecule has 2 aliphatic heterocycles. The number of halogens is 3. The van der Waals surface area contributed by atoms with Crippen LogP contribution in [-0.2, 0) is 30.5 Å². The quantitative estimate of drug-likeness (QED) is 0.103. The highest BCUT2D eigenvalue weighted by Gasteiger charge is 2.51. The lowest BCUT2D eigenvalue weighted by molar-refractivity contribution is -0.209. The van der Waals surface area contributed by atoms with Crippen LogP contribution in [0.3, 0.4) is 0 Å². The van der Waals surface area contributed by atoms with Crippen LogP contribution in [-0.4, -0.2) is 117 Å². The number of benzene rings is 3. The predicted octanol–water partition coefficient (Wildman–Crippen LogP) is 5.49. The van der Waals surface area contributed by atoms with Crippen LogP contribution in [0, 0.1) is 5.92 Å². The second-order valence-electron chi connectivity index (χ2n) is 16.9. The lowest BCUT2D eigenvalue weighted by Gasteiger charge is -2.31. The van der Waals surface area contributed by atoms with Crippen molar-refractivity contribution in [2.45, 2.75) is 88.1 Å². The molecule has 0 unspecified atom stereocenters. The van der Waals surface area contributed by atoms with E-state index in [2.05, 4.69) is 20.9 Å². The summed E-state index contributed by atoms with van der Waals surface area (Å²) in [5.74, 6) is -2.87. The molecular weight excluding hydrogens is 860 g/mol. The standard InChI is InChI=1S/C47H52F3N9O7/c1-2-37(60)54-35-24-36(39(61)40(35)66-44(63)47(48,49)50)59-28-52-38-41(51-25-34(30-14-8-4-9-15-30)31-16-10-5-11-17-31)55-45(56-42(38)59)58-23-20-33(26-58)53-43(62)32-18-21-57(22-19-32)46(64)65-27-29-12-6-3-7-13-29/h3-17,28,32-36,39-40,61H,2,18-27H2,1H3,(H,53,62)(H,54,60)(H,51,55,56)/t33-,35+,36-,39+,40-/m1/s1. The van der Waals surface area contributed by atoms with E-state index in [1.807, 2.05) is 95.9 Å². The van der Waals surface area contributed by atoms with Crippen molar-refractivity contribution in [1.29, 1.82) is 0 Å². The molecule has 16 nitrogen and oxygen atoms in total. The van der Waals surface area contributed by atoms with Gasteiger partial charge in [-0.05, 0) is 42.4 Å². The van der Waals surface area contributed by atoms with Gasteiger partial charge in [0.25, 0.3) is 0 Å². The van der Waals surface area contributed by atoms with Gasteiger partial charge in [0.15, 0.2) is 23.1 Å². The fourth-order valence-corrected chi connectivity index (χ4v) is 8.98. The second-order valence-corrected chi connectivity index (χ2v) is 16.9. The van der Waals surface area contributed by atoms with Crippen molar-refractivity contribution in [3.05, 3.63) is 114 Å². The highest BCUT2D eigenvalue weighted by Crippen LogP contribution is 2.38. The third-order valence-corrected chi connectivity index (χ3v) is 12.6. The second kappa shape index (κ2) is 20.2. The number of alkyl halides is 3. The highest BCUT2D eigenvalue weighted by molar-refractivity contribution is 5.85. The van der Waals surface area contributed by atoms with Crippen LogP contribution < -0.4 is 20.9 Å². The van der Waals surface area contributed by atoms with Gasteiger partial charge >= 0.3 is 18.2 Å². The summed E-state index contributed by atoms with van der Waals surface area (Å²) in [5, 5.41) is 20.9. The van der Waals surface area contributed by atoms with Gasteiger partial charge in [0, 0.05) is 57.0 Å². The molecule has 5 atom stereocenters. The SMILES string of the molecule is CCC(=O)N[C@H]1C[C@@H](n2cnc3c(NCC(c4ccccc4)c4ccccc4)nc(N4CC[C@@H](NC(=O)C5CCN(C(=O)OCc6ccccc6)CC5)C4)nc32)[C@H](O)[C@@H]1OC(=O)C(F)(F)F. The van der Waals surface area contributed by atoms with Crippen LogP contribution >= 0.6 is 0 Å². The van der Waals surface area contributed by atoms with E-state index < -0.39 is 48.4 Å². The molecule has 3 aliphatic rings. The van der Waals surface area contributed by atoms with E-state index in [4.69, 9.17) is 19.4 Å². The summed E-state index contributed by atoms with van der Waals surface area (Å²) in [6, 6.07) is 26.9. The minimum Gasteiger partial charge on any atom is -0.451 e. The van der Waals surface area contributed by atoms with Crippen molar-refractivity contribution in [2.24, 2.45) is 5.92 Å². The van der Waals surface area contributed by atoms with Crippen LogP contribution in [0.25, 0.3) is 11.2 Å². The first kappa shape index (κ1) is 45.8. The first-order chi connectivity index (χ1) is 31.9. The molecule has 3 amide bonds. The number of rotatable bonds is 14. The number of carbonyl (C=O) groups excluding carboxylic acids is 4. The molecule has 348 valence electrons. The van der Waals surface area contributed by atoms with E-state index in [-0.39, 0.29) is 54.8 Å². The number of aliphatic hydroxyl groups excluding tert-OH is 1. The number of aliphatic hydroxyl groups is 1. The third-order valence-electron chi connectivity index (χ3n) is 12.6. The zero-order valence-corrected chi connectivity index (χ0v) is 36.3. The Morgan fingerprint density at radius 1 is 0.864 bits per heavy atom. The van der Waals surface area contributed by atoms with E-state index in [1.165, 1.54) is 10.9 Å². The Balaban J connectivity index is 1.02. The van der Waals surface area contributed by atoms with Crippen molar-refractivity contribution in [3.63, 3.8) is 0 Å². The molecule has 8 rings (SSSR count). The number of anilines is 2. The molecule has 0 spiro atoms. The van der Waals surface area contributed by atoms with Crippen LogP contribution in [0.1, 0.15) is 67.7 Å². The third kappa shape index (κ3) is 10.5. The molecular formula is C47H52F3N9O7. The number of fused-ring (bicyclic) bond motifs is 1. The van der Waals surface area contributed by atoms with E-state index in [0.29, 0.717) is 63.3 Å². The molecule has 1 aliphatic carbocycles. The van der Waals surface area contributed by atoms with Gasteiger partial charge in [-0.2, -0.15) is 23.1 Å². The Kier molecular flexibility index (Phi) is 14.0. The summed E-state index contributed by atoms with van der Waals surface area (Å²) in [5.41, 5.74) is 3.54. The number of amides is 3. The summed E-state index contributed by atoms with van der Waals surface area (Å²) in [6.07, 6.45) is -6.30. The Labute approximate surface area is 378 Å². The summed E-state index contributed by atoms with van der Waals surface area (Å²) in [6.45, 7) is 3.72. The topological polar surface area (TPSA) is 193 Å². The molecule has 3 fully saturated rings. The van der Waals surface area contributed by atoms with Gasteiger partial charge in [0.05, 0.1) is 18.4 Å². The van der Waals surface area contributed by atoms with Gasteiger partial charge in [-0.1, -0.05) is 97.9 Å². The zero-order valence-electron chi connectivity index (χ0n) is 36.3. The van der Waals surface area contributed by atoms with Crippen LogP contribution in [0.15, 0.2) is 97.3 Å². The van der Waals surface area contributed by atoms with E-state index in [1.54, 1.807) is 11.8 Å². The van der Waals surface area contributed by atoms with E-state index in [9.17, 15) is 37.5 Å². The number of imidazole rings is 1. The number of hydrogen-bond acceptors (Lipinski definition) is 12. The molecule has 2 aromatic heterocycles. The highest BCUT2D eigenvalue weighted by atomic mass is 19.4. The van der Waals surface area contributed by atoms with Crippen LogP contribution in [0.5, 0.6) is 0 Å². The Bertz CT molecular complexity index is 2430. The lowest BCUT2D eigenvalue weighted by Crippen LogP contribution is -2.47. The number of piperidine rings is 1. The number of esters is 1. The maximum Gasteiger partial charge on any atom is 0.490 e. The number of likely N-dealkylation sites (tertiary alicyclic amines) is 1. The maximum absolute atomic E-state index is 13.6. The molecule has 5 aromatic rings. The van der Waals surface area contributed by atoms with Gasteiger partial charge in [-0.15, -0.1) is 0 Å². The Morgan fingerprint density at radius 2 is 1.52 bits per heavy atom. The number of aromatic nitrogens is 4. The van der Waals surface area contributed by atoms with Crippen LogP contribution in [0.2, 0.25) is 0 Å². The number of carbonyl (C=O) groups is 4. The van der Waals surface area contributed by atoms with E-state index in [0.717, 1.165) is 16.7 Å². The minimum absolute atomic E-state index is 0.00628. The molecule has 66 heavy (non-hydrogen) atoms. The average molecular weight is 912 g/mol. The fourth-order valence-electron chi connectivity index (χ4n) is 8.98. The molecule has 19 heteroatoms. The predicted molar refractivity (Wildman–Crippen MR) is 236 cm³/mol. The smallest absolute Gasteiger partial charge is 0.451 e. The van der Waals surface area contributed by atoms with Gasteiger partial charge in [0.2, 0.25) is 17.8 Å². The number of ether oxygens (including phenoxy) is 2. The fraction of sp³-hybridized carbons (Fsp3) is 0.426. The lowest BCUT2D eigenvalue weighted by atomic mass is 9.91. The van der Waals surface area contributed by atoms with Gasteiger partial charge in [-0.3, -0.25) is 9.59 Å². The molecule has 0 bridgehead atoms. The van der Waals surface area contributed by atoms with Gasteiger partial charge < -0.3 is 44.9 Å². The summed E-state index contributed by atoms with van der Waals surface area (Å²) in [4.78, 5) is 69.0. The average Bonchev–Trinajstić information content (AvgIpc) is 4.06. The van der Waals surface area contributed by atoms with Crippen molar-refractivity contribution >= 4 is 46.8 Å². The van der Waals surface area contributed by atoms with Gasteiger partial charge in [0.1, 0.15) is 12.7 Å². The molecule has 0 radical (unpaired) electrons. The largest absolute Gasteiger partial charge is 0.490 e. The molecule has 2 saturated heterocycles.